The molecule has 1 aromatic heterocycles. The Morgan fingerprint density at radius 1 is 1.41 bits per heavy atom. The Morgan fingerprint density at radius 2 is 2.24 bits per heavy atom. The van der Waals surface area contributed by atoms with E-state index >= 15 is 0 Å². The summed E-state index contributed by atoms with van der Waals surface area (Å²) in [4.78, 5) is 0. The smallest absolute Gasteiger partial charge is 0.388 e. The molecule has 0 aliphatic carbocycles. The summed E-state index contributed by atoms with van der Waals surface area (Å²) in [6, 6.07) is 3.14. The Hall–Kier alpha value is -1.34. The highest BCUT2D eigenvalue weighted by atomic mass is 19.3. The molecule has 2 rings (SSSR count). The van der Waals surface area contributed by atoms with Crippen molar-refractivity contribution in [3.63, 3.8) is 0 Å². The standard InChI is InChI=1S/C10H13F2N3O2/c1-6-4-16-5-8(13-6)7-2-3-9(15-14-7)17-10(11)12/h2-3,6,8,10,13H,4-5H2,1H3/t6-,8-/m1/s1. The van der Waals surface area contributed by atoms with Gasteiger partial charge in [0.15, 0.2) is 0 Å². The third-order valence-electron chi connectivity index (χ3n) is 2.37. The van der Waals surface area contributed by atoms with E-state index in [1.165, 1.54) is 6.07 Å². The lowest BCUT2D eigenvalue weighted by atomic mass is 10.1. The van der Waals surface area contributed by atoms with Crippen LogP contribution in [0.5, 0.6) is 5.88 Å². The van der Waals surface area contributed by atoms with Gasteiger partial charge < -0.3 is 14.8 Å². The molecule has 0 spiro atoms. The van der Waals surface area contributed by atoms with E-state index in [4.69, 9.17) is 4.74 Å². The minimum atomic E-state index is -2.88. The predicted molar refractivity (Wildman–Crippen MR) is 54.8 cm³/mol. The van der Waals surface area contributed by atoms with Gasteiger partial charge >= 0.3 is 6.61 Å². The maximum atomic E-state index is 11.9. The maximum Gasteiger partial charge on any atom is 0.388 e. The number of nitrogens with zero attached hydrogens (tertiary/aromatic N) is 2. The van der Waals surface area contributed by atoms with Crippen molar-refractivity contribution in [3.8, 4) is 5.88 Å². The zero-order chi connectivity index (χ0) is 12.3. The van der Waals surface area contributed by atoms with Gasteiger partial charge in [-0.25, -0.2) is 0 Å². The lowest BCUT2D eigenvalue weighted by Gasteiger charge is -2.28. The number of ether oxygens (including phenoxy) is 2. The fourth-order valence-electron chi connectivity index (χ4n) is 1.64. The van der Waals surface area contributed by atoms with E-state index in [2.05, 4.69) is 20.3 Å². The normalized spacial score (nSPS) is 24.9. The summed E-state index contributed by atoms with van der Waals surface area (Å²) in [5.41, 5.74) is 0.651. The van der Waals surface area contributed by atoms with Gasteiger partial charge in [-0.05, 0) is 13.0 Å². The van der Waals surface area contributed by atoms with Gasteiger partial charge in [-0.2, -0.15) is 13.9 Å². The van der Waals surface area contributed by atoms with Gasteiger partial charge in [0.2, 0.25) is 5.88 Å². The molecule has 17 heavy (non-hydrogen) atoms. The molecular formula is C10H13F2N3O2. The number of halogens is 2. The van der Waals surface area contributed by atoms with Crippen molar-refractivity contribution >= 4 is 0 Å². The number of morpholine rings is 1. The third-order valence-corrected chi connectivity index (χ3v) is 2.37. The van der Waals surface area contributed by atoms with Crippen molar-refractivity contribution < 1.29 is 18.3 Å². The molecule has 1 fully saturated rings. The lowest BCUT2D eigenvalue weighted by molar-refractivity contribution is -0.0535. The summed E-state index contributed by atoms with van der Waals surface area (Å²) >= 11 is 0. The number of alkyl halides is 2. The van der Waals surface area contributed by atoms with Gasteiger partial charge in [0.05, 0.1) is 24.9 Å². The number of hydrogen-bond donors (Lipinski definition) is 1. The fraction of sp³-hybridized carbons (Fsp3) is 0.600. The van der Waals surface area contributed by atoms with Crippen LogP contribution in [0.4, 0.5) is 8.78 Å². The van der Waals surface area contributed by atoms with Gasteiger partial charge in [0.1, 0.15) is 0 Å². The molecular weight excluding hydrogens is 232 g/mol. The molecule has 1 N–H and O–H groups in total. The first kappa shape index (κ1) is 12.1. The van der Waals surface area contributed by atoms with E-state index < -0.39 is 6.61 Å². The summed E-state index contributed by atoms with van der Waals surface area (Å²) in [6.07, 6.45) is 0. The Labute approximate surface area is 97.1 Å². The van der Waals surface area contributed by atoms with Gasteiger partial charge in [-0.1, -0.05) is 0 Å². The molecule has 0 saturated carbocycles. The number of rotatable bonds is 3. The fourth-order valence-corrected chi connectivity index (χ4v) is 1.64. The van der Waals surface area contributed by atoms with Crippen LogP contribution in [0.3, 0.4) is 0 Å². The molecule has 0 aromatic carbocycles. The quantitative estimate of drug-likeness (QED) is 0.865. The molecule has 0 bridgehead atoms. The van der Waals surface area contributed by atoms with Crippen molar-refractivity contribution in [2.45, 2.75) is 25.6 Å². The van der Waals surface area contributed by atoms with E-state index in [1.807, 2.05) is 6.92 Å². The van der Waals surface area contributed by atoms with Crippen LogP contribution < -0.4 is 10.1 Å². The molecule has 94 valence electrons. The van der Waals surface area contributed by atoms with Crippen LogP contribution in [0.1, 0.15) is 18.7 Å². The topological polar surface area (TPSA) is 56.3 Å². The zero-order valence-corrected chi connectivity index (χ0v) is 9.27. The lowest BCUT2D eigenvalue weighted by Crippen LogP contribution is -2.42. The minimum absolute atomic E-state index is 0.0631. The first-order valence-electron chi connectivity index (χ1n) is 5.27. The van der Waals surface area contributed by atoms with Crippen molar-refractivity contribution in [1.82, 2.24) is 15.5 Å². The monoisotopic (exact) mass is 245 g/mol. The van der Waals surface area contributed by atoms with E-state index in [1.54, 1.807) is 6.07 Å². The van der Waals surface area contributed by atoms with E-state index in [0.29, 0.717) is 18.9 Å². The van der Waals surface area contributed by atoms with Crippen LogP contribution in [0.15, 0.2) is 12.1 Å². The minimum Gasteiger partial charge on any atom is -0.415 e. The van der Waals surface area contributed by atoms with Crippen LogP contribution in [0.2, 0.25) is 0 Å². The first-order valence-corrected chi connectivity index (χ1v) is 5.27. The van der Waals surface area contributed by atoms with Gasteiger partial charge in [-0.3, -0.25) is 0 Å². The van der Waals surface area contributed by atoms with Crippen molar-refractivity contribution in [2.75, 3.05) is 13.2 Å². The molecule has 1 aromatic rings. The van der Waals surface area contributed by atoms with Crippen molar-refractivity contribution in [1.29, 1.82) is 0 Å². The molecule has 0 amide bonds. The zero-order valence-electron chi connectivity index (χ0n) is 9.27. The molecule has 0 radical (unpaired) electrons. The van der Waals surface area contributed by atoms with Crippen molar-refractivity contribution in [2.24, 2.45) is 0 Å². The molecule has 5 nitrogen and oxygen atoms in total. The van der Waals surface area contributed by atoms with Crippen LogP contribution in [-0.2, 0) is 4.74 Å². The van der Waals surface area contributed by atoms with Crippen LogP contribution in [0.25, 0.3) is 0 Å². The summed E-state index contributed by atoms with van der Waals surface area (Å²) in [5.74, 6) is -0.187. The number of nitrogens with one attached hydrogen (secondary N) is 1. The number of aromatic nitrogens is 2. The van der Waals surface area contributed by atoms with Gasteiger partial charge in [-0.15, -0.1) is 5.10 Å². The molecule has 0 unspecified atom stereocenters. The molecule has 7 heteroatoms. The van der Waals surface area contributed by atoms with Crippen LogP contribution in [0, 0.1) is 0 Å². The molecule has 2 heterocycles. The van der Waals surface area contributed by atoms with Gasteiger partial charge in [0, 0.05) is 12.1 Å². The van der Waals surface area contributed by atoms with Crippen LogP contribution in [-0.4, -0.2) is 36.1 Å². The summed E-state index contributed by atoms with van der Waals surface area (Å²) in [6.45, 7) is 0.254. The highest BCUT2D eigenvalue weighted by Gasteiger charge is 2.21. The highest BCUT2D eigenvalue weighted by Crippen LogP contribution is 2.17. The second kappa shape index (κ2) is 5.33. The molecule has 2 atom stereocenters. The first-order chi connectivity index (χ1) is 8.15. The van der Waals surface area contributed by atoms with E-state index in [-0.39, 0.29) is 18.0 Å². The molecule has 1 aliphatic heterocycles. The summed E-state index contributed by atoms with van der Waals surface area (Å²) < 4.78 is 33.3. The van der Waals surface area contributed by atoms with Gasteiger partial charge in [0.25, 0.3) is 0 Å². The maximum absolute atomic E-state index is 11.9. The second-order valence-corrected chi connectivity index (χ2v) is 3.83. The second-order valence-electron chi connectivity index (χ2n) is 3.83. The Kier molecular flexibility index (Phi) is 3.80. The molecule has 1 saturated heterocycles. The Morgan fingerprint density at radius 3 is 2.82 bits per heavy atom. The third kappa shape index (κ3) is 3.31. The average Bonchev–Trinajstić information content (AvgIpc) is 2.29. The van der Waals surface area contributed by atoms with E-state index in [9.17, 15) is 8.78 Å². The number of hydrogen-bond acceptors (Lipinski definition) is 5. The SMILES string of the molecule is C[C@@H]1COC[C@H](c2ccc(OC(F)F)nn2)N1. The van der Waals surface area contributed by atoms with E-state index in [0.717, 1.165) is 0 Å². The largest absolute Gasteiger partial charge is 0.415 e. The van der Waals surface area contributed by atoms with Crippen LogP contribution >= 0.6 is 0 Å². The predicted octanol–water partition coefficient (Wildman–Crippen LogP) is 1.13. The molecule has 1 aliphatic rings. The Bertz CT molecular complexity index is 361. The average molecular weight is 245 g/mol. The van der Waals surface area contributed by atoms with Crippen molar-refractivity contribution in [3.05, 3.63) is 17.8 Å². The highest BCUT2D eigenvalue weighted by molar-refractivity contribution is 5.14. The summed E-state index contributed by atoms with van der Waals surface area (Å²) in [7, 11) is 0. The summed E-state index contributed by atoms with van der Waals surface area (Å²) in [5, 5.41) is 10.7. The Balaban J connectivity index is 2.01.